The van der Waals surface area contributed by atoms with Crippen LogP contribution in [0.2, 0.25) is 0 Å². The molecule has 21 heavy (non-hydrogen) atoms. The lowest BCUT2D eigenvalue weighted by Gasteiger charge is -2.34. The summed E-state index contributed by atoms with van der Waals surface area (Å²) in [4.78, 5) is 36.2. The fourth-order valence-corrected chi connectivity index (χ4v) is 2.42. The van der Waals surface area contributed by atoms with Crippen LogP contribution < -0.4 is 10.6 Å². The van der Waals surface area contributed by atoms with Gasteiger partial charge in [0.05, 0.1) is 13.0 Å². The Morgan fingerprint density at radius 2 is 1.90 bits per heavy atom. The van der Waals surface area contributed by atoms with Crippen LogP contribution in [0, 0.1) is 0 Å². The summed E-state index contributed by atoms with van der Waals surface area (Å²) in [5.41, 5.74) is -0.415. The van der Waals surface area contributed by atoms with Crippen molar-refractivity contribution in [2.75, 3.05) is 13.1 Å². The van der Waals surface area contributed by atoms with Crippen molar-refractivity contribution in [2.45, 2.75) is 58.0 Å². The number of urea groups is 1. The fraction of sp³-hybridized carbons (Fsp3) is 0.786. The normalized spacial score (nSPS) is 19.9. The summed E-state index contributed by atoms with van der Waals surface area (Å²) < 4.78 is 0. The van der Waals surface area contributed by atoms with Gasteiger partial charge in [0.1, 0.15) is 0 Å². The molecule has 1 fully saturated rings. The lowest BCUT2D eigenvalue weighted by Crippen LogP contribution is -2.52. The summed E-state index contributed by atoms with van der Waals surface area (Å²) >= 11 is 0. The number of carboxylic acid groups (broad SMARTS) is 1. The molecule has 1 rings (SSSR count). The molecule has 1 unspecified atom stereocenters. The minimum atomic E-state index is -0.863. The smallest absolute Gasteiger partial charge is 0.321 e. The SMILES string of the molecule is CC(C)(C)NC(=O)NC(=O)CN1CCCCC1CC(=O)O. The van der Waals surface area contributed by atoms with Crippen LogP contribution in [0.1, 0.15) is 46.5 Å². The van der Waals surface area contributed by atoms with Crippen LogP contribution in [0.25, 0.3) is 0 Å². The van der Waals surface area contributed by atoms with Gasteiger partial charge in [-0.15, -0.1) is 0 Å². The zero-order valence-electron chi connectivity index (χ0n) is 12.9. The van der Waals surface area contributed by atoms with Crippen LogP contribution in [-0.4, -0.2) is 52.6 Å². The van der Waals surface area contributed by atoms with Crippen molar-refractivity contribution in [3.8, 4) is 0 Å². The van der Waals surface area contributed by atoms with E-state index < -0.39 is 23.4 Å². The molecule has 0 aromatic carbocycles. The highest BCUT2D eigenvalue weighted by Gasteiger charge is 2.26. The molecule has 1 atom stereocenters. The van der Waals surface area contributed by atoms with Gasteiger partial charge in [-0.3, -0.25) is 19.8 Å². The van der Waals surface area contributed by atoms with Gasteiger partial charge >= 0.3 is 12.0 Å². The van der Waals surface area contributed by atoms with Gasteiger partial charge in [0.2, 0.25) is 5.91 Å². The number of amides is 3. The van der Waals surface area contributed by atoms with Crippen LogP contribution in [0.5, 0.6) is 0 Å². The third kappa shape index (κ3) is 7.08. The van der Waals surface area contributed by atoms with E-state index in [-0.39, 0.29) is 19.0 Å². The van der Waals surface area contributed by atoms with E-state index in [1.807, 2.05) is 25.7 Å². The number of hydrogen-bond donors (Lipinski definition) is 3. The highest BCUT2D eigenvalue weighted by atomic mass is 16.4. The first-order valence-electron chi connectivity index (χ1n) is 7.25. The van der Waals surface area contributed by atoms with E-state index in [4.69, 9.17) is 5.11 Å². The van der Waals surface area contributed by atoms with Gasteiger partial charge in [-0.1, -0.05) is 6.42 Å². The van der Waals surface area contributed by atoms with E-state index in [1.54, 1.807) is 0 Å². The molecule has 3 N–H and O–H groups in total. The summed E-state index contributed by atoms with van der Waals surface area (Å²) in [6, 6.07) is -0.660. The number of carbonyl (C=O) groups is 3. The second-order valence-corrected chi connectivity index (χ2v) is 6.47. The van der Waals surface area contributed by atoms with Crippen LogP contribution in [0.4, 0.5) is 4.79 Å². The van der Waals surface area contributed by atoms with Gasteiger partial charge in [0, 0.05) is 11.6 Å². The molecule has 0 aromatic rings. The Hall–Kier alpha value is -1.63. The molecule has 0 spiro atoms. The van der Waals surface area contributed by atoms with Crippen molar-refractivity contribution in [3.63, 3.8) is 0 Å². The van der Waals surface area contributed by atoms with E-state index >= 15 is 0 Å². The zero-order chi connectivity index (χ0) is 16.0. The van der Waals surface area contributed by atoms with Gasteiger partial charge in [-0.2, -0.15) is 0 Å². The lowest BCUT2D eigenvalue weighted by atomic mass is 9.99. The van der Waals surface area contributed by atoms with E-state index in [0.717, 1.165) is 19.3 Å². The number of aliphatic carboxylic acids is 1. The monoisotopic (exact) mass is 299 g/mol. The van der Waals surface area contributed by atoms with Gasteiger partial charge in [0.25, 0.3) is 0 Å². The summed E-state index contributed by atoms with van der Waals surface area (Å²) in [7, 11) is 0. The molecule has 0 saturated carbocycles. The maximum absolute atomic E-state index is 11.9. The van der Waals surface area contributed by atoms with Crippen molar-refractivity contribution in [3.05, 3.63) is 0 Å². The molecule has 1 heterocycles. The summed E-state index contributed by atoms with van der Waals surface area (Å²) in [6.07, 6.45) is 2.72. The molecule has 3 amide bonds. The molecular formula is C14H25N3O4. The molecule has 120 valence electrons. The molecule has 0 bridgehead atoms. The second-order valence-electron chi connectivity index (χ2n) is 6.47. The number of imide groups is 1. The highest BCUT2D eigenvalue weighted by molar-refractivity contribution is 5.95. The number of piperidine rings is 1. The number of carbonyl (C=O) groups excluding carboxylic acids is 2. The van der Waals surface area contributed by atoms with Gasteiger partial charge in [-0.05, 0) is 40.2 Å². The third-order valence-corrected chi connectivity index (χ3v) is 3.25. The Morgan fingerprint density at radius 1 is 1.24 bits per heavy atom. The lowest BCUT2D eigenvalue weighted by molar-refractivity contribution is -0.139. The van der Waals surface area contributed by atoms with Crippen LogP contribution in [0.15, 0.2) is 0 Å². The Balaban J connectivity index is 2.48. The van der Waals surface area contributed by atoms with E-state index in [1.165, 1.54) is 0 Å². The van der Waals surface area contributed by atoms with Gasteiger partial charge < -0.3 is 10.4 Å². The van der Waals surface area contributed by atoms with Crippen LogP contribution in [0.3, 0.4) is 0 Å². The maximum atomic E-state index is 11.9. The van der Waals surface area contributed by atoms with Crippen molar-refractivity contribution in [1.82, 2.24) is 15.5 Å². The average Bonchev–Trinajstić information content (AvgIpc) is 2.28. The van der Waals surface area contributed by atoms with Crippen molar-refractivity contribution < 1.29 is 19.5 Å². The maximum Gasteiger partial charge on any atom is 0.321 e. The van der Waals surface area contributed by atoms with Gasteiger partial charge in [-0.25, -0.2) is 4.79 Å². The molecule has 0 aliphatic carbocycles. The highest BCUT2D eigenvalue weighted by Crippen LogP contribution is 2.19. The number of rotatable bonds is 4. The predicted octanol–water partition coefficient (Wildman–Crippen LogP) is 0.940. The summed E-state index contributed by atoms with van der Waals surface area (Å²) in [5, 5.41) is 13.8. The van der Waals surface area contributed by atoms with Gasteiger partial charge in [0.15, 0.2) is 0 Å². The molecular weight excluding hydrogens is 274 g/mol. The Bertz CT molecular complexity index is 404. The number of carboxylic acids is 1. The first-order chi connectivity index (χ1) is 9.67. The van der Waals surface area contributed by atoms with Crippen molar-refractivity contribution in [2.24, 2.45) is 0 Å². The fourth-order valence-electron chi connectivity index (χ4n) is 2.42. The molecule has 1 saturated heterocycles. The quantitative estimate of drug-likeness (QED) is 0.717. The standard InChI is InChI=1S/C14H25N3O4/c1-14(2,3)16-13(21)15-11(18)9-17-7-5-4-6-10(17)8-12(19)20/h10H,4-9H2,1-3H3,(H,19,20)(H2,15,16,18,21). The van der Waals surface area contributed by atoms with E-state index in [2.05, 4.69) is 10.6 Å². The zero-order valence-corrected chi connectivity index (χ0v) is 12.9. The third-order valence-electron chi connectivity index (χ3n) is 3.25. The molecule has 1 aliphatic heterocycles. The second kappa shape index (κ2) is 7.40. The van der Waals surface area contributed by atoms with Crippen molar-refractivity contribution >= 4 is 17.9 Å². The Kier molecular flexibility index (Phi) is 6.14. The molecule has 1 aliphatic rings. The van der Waals surface area contributed by atoms with E-state index in [0.29, 0.717) is 6.54 Å². The Labute approximate surface area is 125 Å². The molecule has 0 aromatic heterocycles. The number of likely N-dealkylation sites (tertiary alicyclic amines) is 1. The molecule has 7 nitrogen and oxygen atoms in total. The summed E-state index contributed by atoms with van der Waals surface area (Å²) in [5.74, 6) is -1.27. The molecule has 0 radical (unpaired) electrons. The molecule has 7 heteroatoms. The Morgan fingerprint density at radius 3 is 2.48 bits per heavy atom. The first-order valence-corrected chi connectivity index (χ1v) is 7.25. The number of nitrogens with one attached hydrogen (secondary N) is 2. The van der Waals surface area contributed by atoms with Crippen LogP contribution in [-0.2, 0) is 9.59 Å². The van der Waals surface area contributed by atoms with Crippen molar-refractivity contribution in [1.29, 1.82) is 0 Å². The topological polar surface area (TPSA) is 98.7 Å². The predicted molar refractivity (Wildman–Crippen MR) is 77.9 cm³/mol. The largest absolute Gasteiger partial charge is 0.481 e. The first kappa shape index (κ1) is 17.4. The minimum Gasteiger partial charge on any atom is -0.481 e. The minimum absolute atomic E-state index is 0.0292. The van der Waals surface area contributed by atoms with Crippen LogP contribution >= 0.6 is 0 Å². The van der Waals surface area contributed by atoms with E-state index in [9.17, 15) is 14.4 Å². The number of nitrogens with zero attached hydrogens (tertiary/aromatic N) is 1. The number of hydrogen-bond acceptors (Lipinski definition) is 4. The summed E-state index contributed by atoms with van der Waals surface area (Å²) in [6.45, 7) is 6.21. The average molecular weight is 299 g/mol.